The summed E-state index contributed by atoms with van der Waals surface area (Å²) in [6, 6.07) is 4.31. The number of carbonyl (C=O) groups is 2. The average molecular weight is 425 g/mol. The lowest BCUT2D eigenvalue weighted by Crippen LogP contribution is -2.40. The molecule has 0 atom stereocenters. The first-order valence-electron chi connectivity index (χ1n) is 10.1. The van der Waals surface area contributed by atoms with Gasteiger partial charge in [-0.3, -0.25) is 4.79 Å². The third-order valence-electron chi connectivity index (χ3n) is 4.72. The van der Waals surface area contributed by atoms with Gasteiger partial charge in [0.2, 0.25) is 10.0 Å². The summed E-state index contributed by atoms with van der Waals surface area (Å²) in [7, 11) is -3.78. The highest BCUT2D eigenvalue weighted by molar-refractivity contribution is 7.89. The summed E-state index contributed by atoms with van der Waals surface area (Å²) in [5.41, 5.74) is 0.0775. The Morgan fingerprint density at radius 2 is 1.66 bits per heavy atom. The lowest BCUT2D eigenvalue weighted by Gasteiger charge is -2.24. The number of amides is 1. The molecule has 2 rings (SSSR count). The van der Waals surface area contributed by atoms with Gasteiger partial charge in [0.25, 0.3) is 5.91 Å². The summed E-state index contributed by atoms with van der Waals surface area (Å²) in [6.07, 6.45) is 5.32. The van der Waals surface area contributed by atoms with Crippen molar-refractivity contribution in [2.24, 2.45) is 0 Å². The predicted molar refractivity (Wildman–Crippen MR) is 111 cm³/mol. The Bertz CT molecular complexity index is 835. The predicted octanol–water partition coefficient (Wildman–Crippen LogP) is 3.02. The van der Waals surface area contributed by atoms with E-state index >= 15 is 0 Å². The van der Waals surface area contributed by atoms with E-state index in [1.54, 1.807) is 38.7 Å². The Hall–Kier alpha value is -1.93. The number of ether oxygens (including phenoxy) is 1. The molecule has 8 heteroatoms. The Labute approximate surface area is 173 Å². The minimum atomic E-state index is -3.78. The Morgan fingerprint density at radius 3 is 2.24 bits per heavy atom. The van der Waals surface area contributed by atoms with Crippen molar-refractivity contribution in [3.05, 3.63) is 29.3 Å². The molecule has 0 aromatic heterocycles. The summed E-state index contributed by atoms with van der Waals surface area (Å²) in [6.45, 7) is 7.95. The zero-order valence-electron chi connectivity index (χ0n) is 17.8. The Kier molecular flexibility index (Phi) is 7.82. The van der Waals surface area contributed by atoms with Crippen LogP contribution in [0.1, 0.15) is 68.8 Å². The molecule has 0 aliphatic carbocycles. The van der Waals surface area contributed by atoms with Crippen molar-refractivity contribution >= 4 is 21.9 Å². The zero-order chi connectivity index (χ0) is 21.7. The third-order valence-corrected chi connectivity index (χ3v) is 6.47. The summed E-state index contributed by atoms with van der Waals surface area (Å²) in [5.74, 6) is -0.910. The minimum absolute atomic E-state index is 0.0138. The van der Waals surface area contributed by atoms with E-state index in [4.69, 9.17) is 4.74 Å². The number of likely N-dealkylation sites (tertiary alicyclic amines) is 1. The largest absolute Gasteiger partial charge is 0.452 e. The SMILES string of the molecule is Cc1ccc(S(=O)(=O)NC(C)(C)C)cc1C(=O)OCC(=O)N1CCCCCCC1. The number of hydrogen-bond acceptors (Lipinski definition) is 5. The molecule has 1 amide bonds. The molecular weight excluding hydrogens is 392 g/mol. The summed E-state index contributed by atoms with van der Waals surface area (Å²) >= 11 is 0. The Morgan fingerprint density at radius 1 is 1.07 bits per heavy atom. The second kappa shape index (κ2) is 9.71. The molecule has 1 N–H and O–H groups in total. The first kappa shape index (κ1) is 23.3. The van der Waals surface area contributed by atoms with Gasteiger partial charge in [0.1, 0.15) is 0 Å². The van der Waals surface area contributed by atoms with Crippen LogP contribution in [0.15, 0.2) is 23.1 Å². The molecule has 0 bridgehead atoms. The molecule has 0 unspecified atom stereocenters. The molecule has 1 aliphatic heterocycles. The molecule has 1 aromatic rings. The first-order valence-corrected chi connectivity index (χ1v) is 11.6. The van der Waals surface area contributed by atoms with E-state index in [2.05, 4.69) is 4.72 Å². The van der Waals surface area contributed by atoms with Crippen molar-refractivity contribution in [3.63, 3.8) is 0 Å². The topological polar surface area (TPSA) is 92.8 Å². The second-order valence-electron chi connectivity index (χ2n) is 8.56. The van der Waals surface area contributed by atoms with Gasteiger partial charge in [0.05, 0.1) is 10.5 Å². The smallest absolute Gasteiger partial charge is 0.338 e. The van der Waals surface area contributed by atoms with Crippen molar-refractivity contribution in [3.8, 4) is 0 Å². The maximum Gasteiger partial charge on any atom is 0.338 e. The van der Waals surface area contributed by atoms with Crippen molar-refractivity contribution in [2.75, 3.05) is 19.7 Å². The number of benzene rings is 1. The van der Waals surface area contributed by atoms with E-state index in [0.29, 0.717) is 18.7 Å². The van der Waals surface area contributed by atoms with Gasteiger partial charge in [-0.2, -0.15) is 0 Å². The van der Waals surface area contributed by atoms with Crippen LogP contribution in [0.5, 0.6) is 0 Å². The van der Waals surface area contributed by atoms with Gasteiger partial charge in [-0.25, -0.2) is 17.9 Å². The number of hydrogen-bond donors (Lipinski definition) is 1. The van der Waals surface area contributed by atoms with Crippen molar-refractivity contribution in [2.45, 2.75) is 70.2 Å². The van der Waals surface area contributed by atoms with Crippen molar-refractivity contribution in [1.29, 1.82) is 0 Å². The molecule has 1 fully saturated rings. The molecule has 1 aliphatic rings. The highest BCUT2D eigenvalue weighted by Crippen LogP contribution is 2.19. The number of nitrogens with one attached hydrogen (secondary N) is 1. The number of rotatable bonds is 5. The van der Waals surface area contributed by atoms with Crippen LogP contribution in [0.2, 0.25) is 0 Å². The highest BCUT2D eigenvalue weighted by Gasteiger charge is 2.24. The maximum absolute atomic E-state index is 12.5. The average Bonchev–Trinajstić information content (AvgIpc) is 2.57. The molecule has 29 heavy (non-hydrogen) atoms. The van der Waals surface area contributed by atoms with Crippen LogP contribution in [0.4, 0.5) is 0 Å². The van der Waals surface area contributed by atoms with Crippen LogP contribution in [-0.2, 0) is 19.6 Å². The fourth-order valence-corrected chi connectivity index (χ4v) is 4.69. The number of nitrogens with zero attached hydrogens (tertiary/aromatic N) is 1. The van der Waals surface area contributed by atoms with E-state index in [1.807, 2.05) is 0 Å². The van der Waals surface area contributed by atoms with Gasteiger partial charge in [0.15, 0.2) is 6.61 Å². The zero-order valence-corrected chi connectivity index (χ0v) is 18.6. The van der Waals surface area contributed by atoms with Gasteiger partial charge in [-0.15, -0.1) is 0 Å². The van der Waals surface area contributed by atoms with Crippen LogP contribution in [-0.4, -0.2) is 50.4 Å². The van der Waals surface area contributed by atoms with Crippen LogP contribution in [0.3, 0.4) is 0 Å². The molecule has 0 spiro atoms. The highest BCUT2D eigenvalue weighted by atomic mass is 32.2. The third kappa shape index (κ3) is 7.12. The summed E-state index contributed by atoms with van der Waals surface area (Å²) in [4.78, 5) is 26.7. The van der Waals surface area contributed by atoms with E-state index < -0.39 is 21.5 Å². The number of aryl methyl sites for hydroxylation is 1. The quantitative estimate of drug-likeness (QED) is 0.734. The van der Waals surface area contributed by atoms with Crippen LogP contribution >= 0.6 is 0 Å². The Balaban J connectivity index is 2.07. The molecule has 162 valence electrons. The second-order valence-corrected chi connectivity index (χ2v) is 10.2. The molecular formula is C21H32N2O5S. The van der Waals surface area contributed by atoms with E-state index in [9.17, 15) is 18.0 Å². The number of sulfonamides is 1. The van der Waals surface area contributed by atoms with Gasteiger partial charge < -0.3 is 9.64 Å². The standard InChI is InChI=1S/C21H32N2O5S/c1-16-10-11-17(29(26,27)22-21(2,3)4)14-18(16)20(25)28-15-19(24)23-12-8-6-5-7-9-13-23/h10-11,14,22H,5-9,12-13,15H2,1-4H3. The molecule has 1 aromatic carbocycles. The maximum atomic E-state index is 12.5. The monoisotopic (exact) mass is 424 g/mol. The number of esters is 1. The van der Waals surface area contributed by atoms with E-state index in [0.717, 1.165) is 25.7 Å². The summed E-state index contributed by atoms with van der Waals surface area (Å²) < 4.78 is 32.9. The van der Waals surface area contributed by atoms with Gasteiger partial charge in [-0.05, 0) is 58.2 Å². The van der Waals surface area contributed by atoms with Crippen LogP contribution in [0, 0.1) is 6.92 Å². The molecule has 0 radical (unpaired) electrons. The number of carbonyl (C=O) groups excluding carboxylic acids is 2. The van der Waals surface area contributed by atoms with Crippen molar-refractivity contribution in [1.82, 2.24) is 9.62 Å². The van der Waals surface area contributed by atoms with E-state index in [1.165, 1.54) is 18.6 Å². The summed E-state index contributed by atoms with van der Waals surface area (Å²) in [5, 5.41) is 0. The molecule has 1 heterocycles. The van der Waals surface area contributed by atoms with Crippen molar-refractivity contribution < 1.29 is 22.7 Å². The normalized spacial score (nSPS) is 16.1. The fourth-order valence-electron chi connectivity index (χ4n) is 3.24. The molecule has 0 saturated carbocycles. The van der Waals surface area contributed by atoms with E-state index in [-0.39, 0.29) is 23.0 Å². The fraction of sp³-hybridized carbons (Fsp3) is 0.619. The van der Waals surface area contributed by atoms with Crippen LogP contribution in [0.25, 0.3) is 0 Å². The van der Waals surface area contributed by atoms with Gasteiger partial charge >= 0.3 is 5.97 Å². The van der Waals surface area contributed by atoms with Crippen LogP contribution < -0.4 is 4.72 Å². The lowest BCUT2D eigenvalue weighted by atomic mass is 10.1. The van der Waals surface area contributed by atoms with Gasteiger partial charge in [0, 0.05) is 18.6 Å². The molecule has 1 saturated heterocycles. The lowest BCUT2D eigenvalue weighted by molar-refractivity contribution is -0.134. The minimum Gasteiger partial charge on any atom is -0.452 e. The first-order chi connectivity index (χ1) is 13.5. The molecule has 7 nitrogen and oxygen atoms in total. The van der Waals surface area contributed by atoms with Gasteiger partial charge in [-0.1, -0.05) is 25.3 Å².